The second-order valence-corrected chi connectivity index (χ2v) is 17.2. The molecule has 0 aliphatic carbocycles. The highest BCUT2D eigenvalue weighted by molar-refractivity contribution is 6.32. The number of amides is 6. The molecule has 16 nitrogen and oxygen atoms in total. The van der Waals surface area contributed by atoms with E-state index in [9.17, 15) is 28.8 Å². The number of ether oxygens (including phenoxy) is 3. The van der Waals surface area contributed by atoms with Gasteiger partial charge in [-0.1, -0.05) is 35.9 Å². The summed E-state index contributed by atoms with van der Waals surface area (Å²) in [5.74, 6) is -0.847. The molecule has 0 spiro atoms. The van der Waals surface area contributed by atoms with Crippen LogP contribution in [0.15, 0.2) is 108 Å². The first-order chi connectivity index (χ1) is 32.6. The van der Waals surface area contributed by atoms with Gasteiger partial charge in [0.1, 0.15) is 36.1 Å². The van der Waals surface area contributed by atoms with E-state index in [4.69, 9.17) is 25.8 Å². The van der Waals surface area contributed by atoms with Crippen molar-refractivity contribution < 1.29 is 43.0 Å². The molecule has 4 aromatic carbocycles. The van der Waals surface area contributed by atoms with Gasteiger partial charge in [0.2, 0.25) is 5.91 Å². The summed E-state index contributed by atoms with van der Waals surface area (Å²) in [6.07, 6.45) is 2.65. The minimum absolute atomic E-state index is 0.123. The molecule has 350 valence electrons. The molecule has 8 rings (SSSR count). The Morgan fingerprint density at radius 1 is 0.838 bits per heavy atom. The number of carbonyl (C=O) groups is 6. The molecule has 4 heterocycles. The van der Waals surface area contributed by atoms with Crippen LogP contribution < -0.4 is 24.6 Å². The Balaban J connectivity index is 0.873. The Morgan fingerprint density at radius 3 is 2.25 bits per heavy atom. The van der Waals surface area contributed by atoms with E-state index in [0.717, 1.165) is 27.0 Å². The quantitative estimate of drug-likeness (QED) is 0.0616. The van der Waals surface area contributed by atoms with Crippen LogP contribution in [0.25, 0.3) is 16.4 Å². The van der Waals surface area contributed by atoms with Gasteiger partial charge < -0.3 is 38.6 Å². The third-order valence-corrected chi connectivity index (χ3v) is 12.6. The zero-order valence-electron chi connectivity index (χ0n) is 38.5. The number of carbonyl (C=O) groups excluding carboxylic acids is 6. The van der Waals surface area contributed by atoms with Crippen LogP contribution in [0.4, 0.5) is 21.9 Å². The van der Waals surface area contributed by atoms with Gasteiger partial charge in [-0.25, -0.2) is 14.7 Å². The van der Waals surface area contributed by atoms with Crippen molar-refractivity contribution in [3.8, 4) is 11.5 Å². The minimum Gasteiger partial charge on any atom is -0.491 e. The number of pyridine rings is 1. The predicted octanol–water partition coefficient (Wildman–Crippen LogP) is 7.53. The lowest BCUT2D eigenvalue weighted by Crippen LogP contribution is -2.39. The van der Waals surface area contributed by atoms with Gasteiger partial charge in [-0.2, -0.15) is 0 Å². The summed E-state index contributed by atoms with van der Waals surface area (Å²) >= 11 is 6.58. The van der Waals surface area contributed by atoms with E-state index in [1.54, 1.807) is 104 Å². The van der Waals surface area contributed by atoms with E-state index in [1.807, 2.05) is 44.2 Å². The standard InChI is InChI=1S/C51H50ClN7O9/c1-30-10-12-34(13-11-30)47(61)53-36-14-19-43-54-40(28-57(43)27-36)50(64)58-26-35(25-52)46-41(58)24-42(39-9-7-8-31(2)45(39)46)68-51(65)56(6)21-20-55(5)44(60)29-66-22-23-67-38-17-15-37(16-18-38)59-48(62)32(3)33(4)49(59)63/h7-19,24,27-28,35H,20-23,25-26,29H2,1-6H3,(H,53,61)/t35-/m1/s1. The molecule has 0 saturated heterocycles. The molecule has 2 aromatic heterocycles. The van der Waals surface area contributed by atoms with Gasteiger partial charge in [-0.15, -0.1) is 11.6 Å². The highest BCUT2D eigenvalue weighted by atomic mass is 35.5. The van der Waals surface area contributed by atoms with Crippen LogP contribution in [0.2, 0.25) is 0 Å². The molecule has 0 fully saturated rings. The SMILES string of the molecule is CC1=C(C)C(=O)N(c2ccc(OCCOCC(=O)N(C)CCN(C)C(=O)Oc3cc4c(c5c(C)cccc35)[C@H](CCl)CN4C(=O)c3cn4cc(NC(=O)c5ccc(C)cc5)ccc4n3)cc2)C1=O. The molecule has 6 amide bonds. The van der Waals surface area contributed by atoms with E-state index in [0.29, 0.717) is 50.6 Å². The highest BCUT2D eigenvalue weighted by Crippen LogP contribution is 2.47. The molecule has 68 heavy (non-hydrogen) atoms. The number of nitrogens with zero attached hydrogens (tertiary/aromatic N) is 6. The number of rotatable bonds is 15. The molecule has 0 bridgehead atoms. The van der Waals surface area contributed by atoms with Gasteiger partial charge >= 0.3 is 6.09 Å². The first kappa shape index (κ1) is 47.0. The van der Waals surface area contributed by atoms with Crippen molar-refractivity contribution in [2.24, 2.45) is 0 Å². The smallest absolute Gasteiger partial charge is 0.415 e. The number of hydrogen-bond donors (Lipinski definition) is 1. The average Bonchev–Trinajstić information content (AvgIpc) is 3.99. The second kappa shape index (κ2) is 19.7. The molecule has 0 unspecified atom stereocenters. The van der Waals surface area contributed by atoms with Gasteiger partial charge in [-0.05, 0) is 92.7 Å². The van der Waals surface area contributed by atoms with E-state index in [1.165, 1.54) is 9.80 Å². The fraction of sp³-hybridized carbons (Fsp3) is 0.275. The van der Waals surface area contributed by atoms with Crippen LogP contribution in [0.5, 0.6) is 11.5 Å². The molecule has 2 aliphatic rings. The van der Waals surface area contributed by atoms with Gasteiger partial charge in [0.25, 0.3) is 23.6 Å². The minimum atomic E-state index is -0.661. The lowest BCUT2D eigenvalue weighted by atomic mass is 9.92. The Kier molecular flexibility index (Phi) is 13.6. The van der Waals surface area contributed by atoms with Gasteiger partial charge in [0.05, 0.1) is 23.7 Å². The largest absolute Gasteiger partial charge is 0.491 e. The molecular weight excluding hydrogens is 890 g/mol. The molecule has 1 atom stereocenters. The van der Waals surface area contributed by atoms with Gasteiger partial charge in [0, 0.05) is 86.1 Å². The van der Waals surface area contributed by atoms with E-state index in [-0.39, 0.29) is 92.2 Å². The summed E-state index contributed by atoms with van der Waals surface area (Å²) in [7, 11) is 3.18. The van der Waals surface area contributed by atoms with Crippen LogP contribution in [-0.2, 0) is 19.1 Å². The first-order valence-electron chi connectivity index (χ1n) is 22.0. The number of imide groups is 1. The summed E-state index contributed by atoms with van der Waals surface area (Å²) in [4.78, 5) is 89.0. The lowest BCUT2D eigenvalue weighted by molar-refractivity contribution is -0.135. The van der Waals surface area contributed by atoms with Gasteiger partial charge in [0.15, 0.2) is 0 Å². The van der Waals surface area contributed by atoms with Crippen molar-refractivity contribution >= 4 is 80.7 Å². The third kappa shape index (κ3) is 9.50. The first-order valence-corrected chi connectivity index (χ1v) is 22.5. The van der Waals surface area contributed by atoms with Crippen molar-refractivity contribution in [2.75, 3.05) is 74.5 Å². The number of likely N-dealkylation sites (N-methyl/N-ethyl adjacent to an activating group) is 2. The summed E-state index contributed by atoms with van der Waals surface area (Å²) in [5.41, 5.74) is 6.42. The Hall–Kier alpha value is -7.56. The van der Waals surface area contributed by atoms with Crippen molar-refractivity contribution in [2.45, 2.75) is 33.6 Å². The number of nitrogens with one attached hydrogen (secondary N) is 1. The van der Waals surface area contributed by atoms with E-state index >= 15 is 0 Å². The van der Waals surface area contributed by atoms with Crippen LogP contribution in [-0.4, -0.2) is 114 Å². The number of aromatic nitrogens is 2. The summed E-state index contributed by atoms with van der Waals surface area (Å²) in [6.45, 7) is 7.85. The normalized spacial score (nSPS) is 14.5. The summed E-state index contributed by atoms with van der Waals surface area (Å²) in [6, 6.07) is 24.7. The fourth-order valence-electron chi connectivity index (χ4n) is 8.15. The second-order valence-electron chi connectivity index (χ2n) is 16.9. The van der Waals surface area contributed by atoms with Crippen molar-refractivity contribution in [3.63, 3.8) is 0 Å². The number of benzene rings is 4. The molecular formula is C51H50ClN7O9. The maximum absolute atomic E-state index is 14.4. The van der Waals surface area contributed by atoms with Gasteiger partial charge in [-0.3, -0.25) is 24.0 Å². The van der Waals surface area contributed by atoms with Crippen LogP contribution in [0.3, 0.4) is 0 Å². The number of alkyl halides is 1. The molecule has 1 N–H and O–H groups in total. The summed E-state index contributed by atoms with van der Waals surface area (Å²) in [5, 5.41) is 4.43. The number of aryl methyl sites for hydroxylation is 2. The Morgan fingerprint density at radius 2 is 1.54 bits per heavy atom. The maximum Gasteiger partial charge on any atom is 0.415 e. The number of imidazole rings is 1. The van der Waals surface area contributed by atoms with E-state index in [2.05, 4.69) is 10.3 Å². The number of fused-ring (bicyclic) bond motifs is 4. The van der Waals surface area contributed by atoms with E-state index < -0.39 is 6.09 Å². The van der Waals surface area contributed by atoms with Crippen LogP contribution >= 0.6 is 11.6 Å². The molecule has 17 heteroatoms. The predicted molar refractivity (Wildman–Crippen MR) is 258 cm³/mol. The topological polar surface area (TPSA) is 172 Å². The van der Waals surface area contributed by atoms with Crippen molar-refractivity contribution in [1.29, 1.82) is 0 Å². The average molecular weight is 940 g/mol. The van der Waals surface area contributed by atoms with Crippen molar-refractivity contribution in [1.82, 2.24) is 19.2 Å². The fourth-order valence-corrected chi connectivity index (χ4v) is 8.41. The molecule has 0 saturated carbocycles. The van der Waals surface area contributed by atoms with Crippen molar-refractivity contribution in [3.05, 3.63) is 136 Å². The summed E-state index contributed by atoms with van der Waals surface area (Å²) < 4.78 is 19.0. The highest BCUT2D eigenvalue weighted by Gasteiger charge is 2.37. The lowest BCUT2D eigenvalue weighted by Gasteiger charge is -2.23. The number of anilines is 3. The maximum atomic E-state index is 14.4. The molecule has 6 aromatic rings. The Bertz CT molecular complexity index is 3000. The number of hydrogen-bond acceptors (Lipinski definition) is 10. The zero-order valence-corrected chi connectivity index (χ0v) is 39.3. The van der Waals surface area contributed by atoms with Crippen LogP contribution in [0, 0.1) is 13.8 Å². The molecule has 0 radical (unpaired) electrons. The third-order valence-electron chi connectivity index (χ3n) is 12.3. The number of halogens is 1. The molecule has 2 aliphatic heterocycles. The van der Waals surface area contributed by atoms with Crippen LogP contribution in [0.1, 0.15) is 57.3 Å². The zero-order chi connectivity index (χ0) is 48.4. The Labute approximate surface area is 397 Å². The monoisotopic (exact) mass is 939 g/mol.